The van der Waals surface area contributed by atoms with Gasteiger partial charge in [0.1, 0.15) is 5.75 Å². The number of methoxy groups -OCH3 is 1. The molecule has 204 valence electrons. The molecule has 0 aromatic heterocycles. The molecule has 39 heavy (non-hydrogen) atoms. The fourth-order valence-electron chi connectivity index (χ4n) is 5.17. The first-order valence-electron chi connectivity index (χ1n) is 13.1. The first-order valence-corrected chi connectivity index (χ1v) is 13.5. The average Bonchev–Trinajstić information content (AvgIpc) is 3.37. The van der Waals surface area contributed by atoms with Gasteiger partial charge in [-0.05, 0) is 71.0 Å². The van der Waals surface area contributed by atoms with Crippen molar-refractivity contribution in [2.45, 2.75) is 51.1 Å². The van der Waals surface area contributed by atoms with Gasteiger partial charge in [0.05, 0.1) is 19.4 Å². The van der Waals surface area contributed by atoms with E-state index < -0.39 is 11.9 Å². The standard InChI is InChI=1S/C31H33ClN2O5/c1-3-4-27(20-5-7-22(8-6-20)30(37)33-16-15-28(35)36)29(21-9-12-25(32)13-10-21)31(38)34-18-23-11-14-26(39-2)17-24(23)19-34/h5-14,17,27,29H,3-4,15-16,18-19H2,1-2H3,(H,33,37)(H,35,36). The summed E-state index contributed by atoms with van der Waals surface area (Å²) in [5.74, 6) is -1.04. The predicted octanol–water partition coefficient (Wildman–Crippen LogP) is 5.76. The Hall–Kier alpha value is -3.84. The molecule has 0 aliphatic carbocycles. The Morgan fingerprint density at radius 2 is 1.64 bits per heavy atom. The van der Waals surface area contributed by atoms with Gasteiger partial charge >= 0.3 is 5.97 Å². The Bertz CT molecular complexity index is 1320. The van der Waals surface area contributed by atoms with Crippen LogP contribution < -0.4 is 10.1 Å². The maximum Gasteiger partial charge on any atom is 0.305 e. The van der Waals surface area contributed by atoms with Crippen LogP contribution in [0.5, 0.6) is 5.75 Å². The lowest BCUT2D eigenvalue weighted by atomic mass is 9.77. The van der Waals surface area contributed by atoms with E-state index in [0.717, 1.165) is 40.8 Å². The summed E-state index contributed by atoms with van der Waals surface area (Å²) in [6.07, 6.45) is 1.51. The van der Waals surface area contributed by atoms with Gasteiger partial charge < -0.3 is 20.1 Å². The summed E-state index contributed by atoms with van der Waals surface area (Å²) in [6.45, 7) is 3.21. The van der Waals surface area contributed by atoms with Crippen LogP contribution >= 0.6 is 11.6 Å². The van der Waals surface area contributed by atoms with Crippen molar-refractivity contribution < 1.29 is 24.2 Å². The van der Waals surface area contributed by atoms with Gasteiger partial charge in [-0.3, -0.25) is 14.4 Å². The summed E-state index contributed by atoms with van der Waals surface area (Å²) < 4.78 is 5.38. The number of rotatable bonds is 11. The number of carboxylic acid groups (broad SMARTS) is 1. The Balaban J connectivity index is 1.62. The van der Waals surface area contributed by atoms with Crippen molar-refractivity contribution in [1.82, 2.24) is 10.2 Å². The Kier molecular flexibility index (Phi) is 9.25. The van der Waals surface area contributed by atoms with Crippen LogP contribution in [0, 0.1) is 0 Å². The monoisotopic (exact) mass is 548 g/mol. The van der Waals surface area contributed by atoms with E-state index in [2.05, 4.69) is 12.2 Å². The molecule has 2 unspecified atom stereocenters. The Morgan fingerprint density at radius 3 is 2.28 bits per heavy atom. The summed E-state index contributed by atoms with van der Waals surface area (Å²) in [5.41, 5.74) is 4.50. The zero-order chi connectivity index (χ0) is 27.9. The van der Waals surface area contributed by atoms with E-state index in [9.17, 15) is 14.4 Å². The number of carboxylic acids is 1. The highest BCUT2D eigenvalue weighted by Crippen LogP contribution is 2.40. The van der Waals surface area contributed by atoms with Crippen molar-refractivity contribution in [3.05, 3.63) is 99.6 Å². The van der Waals surface area contributed by atoms with Crippen molar-refractivity contribution in [1.29, 1.82) is 0 Å². The zero-order valence-electron chi connectivity index (χ0n) is 22.2. The second-order valence-electron chi connectivity index (χ2n) is 9.77. The summed E-state index contributed by atoms with van der Waals surface area (Å²) >= 11 is 6.19. The van der Waals surface area contributed by atoms with Crippen molar-refractivity contribution in [2.75, 3.05) is 13.7 Å². The molecule has 4 rings (SSSR count). The fourth-order valence-corrected chi connectivity index (χ4v) is 5.30. The molecule has 1 heterocycles. The molecule has 0 radical (unpaired) electrons. The van der Waals surface area contributed by atoms with Crippen molar-refractivity contribution in [3.8, 4) is 5.75 Å². The van der Waals surface area contributed by atoms with Gasteiger partial charge in [-0.2, -0.15) is 0 Å². The lowest BCUT2D eigenvalue weighted by Crippen LogP contribution is -2.34. The molecule has 0 spiro atoms. The largest absolute Gasteiger partial charge is 0.497 e. The van der Waals surface area contributed by atoms with Crippen molar-refractivity contribution >= 4 is 29.4 Å². The zero-order valence-corrected chi connectivity index (χ0v) is 22.9. The van der Waals surface area contributed by atoms with Crippen LogP contribution in [0.4, 0.5) is 0 Å². The number of carbonyl (C=O) groups is 3. The van der Waals surface area contributed by atoms with Crippen LogP contribution in [0.2, 0.25) is 5.02 Å². The molecule has 8 heteroatoms. The number of benzene rings is 3. The van der Waals surface area contributed by atoms with E-state index in [1.807, 2.05) is 59.5 Å². The van der Waals surface area contributed by atoms with E-state index in [1.54, 1.807) is 19.2 Å². The van der Waals surface area contributed by atoms with Crippen molar-refractivity contribution in [2.24, 2.45) is 0 Å². The van der Waals surface area contributed by atoms with E-state index >= 15 is 0 Å². The normalized spacial score (nSPS) is 13.9. The lowest BCUT2D eigenvalue weighted by molar-refractivity contribution is -0.137. The molecule has 0 fully saturated rings. The van der Waals surface area contributed by atoms with Gasteiger partial charge in [-0.25, -0.2) is 0 Å². The minimum absolute atomic E-state index is 0.0430. The van der Waals surface area contributed by atoms with E-state index in [0.29, 0.717) is 23.7 Å². The molecule has 3 aromatic carbocycles. The molecule has 2 N–H and O–H groups in total. The van der Waals surface area contributed by atoms with Crippen LogP contribution in [-0.2, 0) is 22.7 Å². The number of hydrogen-bond donors (Lipinski definition) is 2. The highest BCUT2D eigenvalue weighted by atomic mass is 35.5. The third kappa shape index (κ3) is 6.79. The molecule has 0 bridgehead atoms. The van der Waals surface area contributed by atoms with E-state index in [1.165, 1.54) is 0 Å². The Labute approximate surface area is 233 Å². The van der Waals surface area contributed by atoms with Gasteiger partial charge in [0.25, 0.3) is 5.91 Å². The van der Waals surface area contributed by atoms with E-state index in [-0.39, 0.29) is 30.7 Å². The number of fused-ring (bicyclic) bond motifs is 1. The minimum atomic E-state index is -0.966. The number of carbonyl (C=O) groups excluding carboxylic acids is 2. The fraction of sp³-hybridized carbons (Fsp3) is 0.323. The molecule has 2 amide bonds. The first kappa shape index (κ1) is 28.2. The quantitative estimate of drug-likeness (QED) is 0.317. The molecular formula is C31H33ClN2O5. The van der Waals surface area contributed by atoms with Gasteiger partial charge in [0.2, 0.25) is 5.91 Å². The van der Waals surface area contributed by atoms with E-state index in [4.69, 9.17) is 21.4 Å². The van der Waals surface area contributed by atoms with Crippen LogP contribution in [0.25, 0.3) is 0 Å². The molecule has 7 nitrogen and oxygen atoms in total. The van der Waals surface area contributed by atoms with Crippen LogP contribution in [0.3, 0.4) is 0 Å². The lowest BCUT2D eigenvalue weighted by Gasteiger charge is -2.31. The number of hydrogen-bond acceptors (Lipinski definition) is 4. The molecular weight excluding hydrogens is 516 g/mol. The van der Waals surface area contributed by atoms with Gasteiger partial charge in [0.15, 0.2) is 0 Å². The second-order valence-corrected chi connectivity index (χ2v) is 10.2. The maximum absolute atomic E-state index is 14.2. The number of nitrogens with zero attached hydrogens (tertiary/aromatic N) is 1. The number of nitrogens with one attached hydrogen (secondary N) is 1. The molecule has 1 aliphatic rings. The Morgan fingerprint density at radius 1 is 0.974 bits per heavy atom. The molecule has 1 aliphatic heterocycles. The number of aliphatic carboxylic acids is 1. The number of amides is 2. The first-order chi connectivity index (χ1) is 18.8. The van der Waals surface area contributed by atoms with Crippen LogP contribution in [0.15, 0.2) is 66.7 Å². The SMILES string of the molecule is CCCC(c1ccc(C(=O)NCCC(=O)O)cc1)C(C(=O)N1Cc2ccc(OC)cc2C1)c1ccc(Cl)cc1. The molecule has 3 aromatic rings. The van der Waals surface area contributed by atoms with Crippen LogP contribution in [-0.4, -0.2) is 41.4 Å². The topological polar surface area (TPSA) is 95.9 Å². The smallest absolute Gasteiger partial charge is 0.305 e. The van der Waals surface area contributed by atoms with Crippen LogP contribution in [0.1, 0.15) is 70.6 Å². The average molecular weight is 549 g/mol. The number of ether oxygens (including phenoxy) is 1. The summed E-state index contributed by atoms with van der Waals surface area (Å²) in [5, 5.41) is 12.0. The minimum Gasteiger partial charge on any atom is -0.497 e. The molecule has 0 saturated heterocycles. The predicted molar refractivity (Wildman–Crippen MR) is 150 cm³/mol. The summed E-state index contributed by atoms with van der Waals surface area (Å²) in [7, 11) is 1.64. The third-order valence-electron chi connectivity index (χ3n) is 7.17. The number of halogens is 1. The second kappa shape index (κ2) is 12.8. The summed E-state index contributed by atoms with van der Waals surface area (Å²) in [6, 6.07) is 20.6. The molecule has 0 saturated carbocycles. The molecule has 2 atom stereocenters. The maximum atomic E-state index is 14.2. The van der Waals surface area contributed by atoms with Gasteiger partial charge in [0, 0.05) is 30.2 Å². The van der Waals surface area contributed by atoms with Gasteiger partial charge in [-0.1, -0.05) is 55.3 Å². The highest BCUT2D eigenvalue weighted by molar-refractivity contribution is 6.30. The summed E-state index contributed by atoms with van der Waals surface area (Å²) in [4.78, 5) is 39.4. The highest BCUT2D eigenvalue weighted by Gasteiger charge is 2.36. The van der Waals surface area contributed by atoms with Crippen molar-refractivity contribution in [3.63, 3.8) is 0 Å². The third-order valence-corrected chi connectivity index (χ3v) is 7.42. The van der Waals surface area contributed by atoms with Gasteiger partial charge in [-0.15, -0.1) is 0 Å².